The summed E-state index contributed by atoms with van der Waals surface area (Å²) in [6.45, 7) is 1.86. The molecule has 1 fully saturated rings. The highest BCUT2D eigenvalue weighted by atomic mass is 16.5. The number of benzene rings is 2. The van der Waals surface area contributed by atoms with Gasteiger partial charge in [-0.3, -0.25) is 19.1 Å². The topological polar surface area (TPSA) is 101 Å². The van der Waals surface area contributed by atoms with E-state index in [0.717, 1.165) is 23.2 Å². The number of aromatic nitrogens is 3. The van der Waals surface area contributed by atoms with E-state index >= 15 is 0 Å². The van der Waals surface area contributed by atoms with Crippen LogP contribution in [0.25, 0.3) is 0 Å². The number of hydrogen-bond donors (Lipinski definition) is 0. The molecule has 6 bridgehead atoms. The number of carbonyl (C=O) groups excluding carboxylic acids is 3. The van der Waals surface area contributed by atoms with Gasteiger partial charge in [-0.15, -0.1) is 5.10 Å². The summed E-state index contributed by atoms with van der Waals surface area (Å²) >= 11 is 0. The first-order valence-corrected chi connectivity index (χ1v) is 13.4. The van der Waals surface area contributed by atoms with Crippen molar-refractivity contribution in [2.45, 2.75) is 50.2 Å². The molecule has 39 heavy (non-hydrogen) atoms. The van der Waals surface area contributed by atoms with E-state index in [1.54, 1.807) is 28.6 Å². The van der Waals surface area contributed by atoms with Gasteiger partial charge in [0.1, 0.15) is 16.9 Å². The van der Waals surface area contributed by atoms with Crippen molar-refractivity contribution in [3.05, 3.63) is 71.5 Å². The molecule has 4 heterocycles. The first kappa shape index (κ1) is 25.1. The lowest BCUT2D eigenvalue weighted by Crippen LogP contribution is -2.45. The molecule has 10 nitrogen and oxygen atoms in total. The normalized spacial score (nSPS) is 21.9. The second-order valence-electron chi connectivity index (χ2n) is 10.7. The molecule has 3 aromatic rings. The Morgan fingerprint density at radius 2 is 1.95 bits per heavy atom. The van der Waals surface area contributed by atoms with Crippen molar-refractivity contribution in [1.82, 2.24) is 24.8 Å². The second-order valence-corrected chi connectivity index (χ2v) is 10.7. The summed E-state index contributed by atoms with van der Waals surface area (Å²) in [7, 11) is 3.37. The van der Waals surface area contributed by atoms with Crippen molar-refractivity contribution in [2.24, 2.45) is 0 Å². The van der Waals surface area contributed by atoms with Gasteiger partial charge in [0.25, 0.3) is 0 Å². The molecular formula is C29H32N6O4. The first-order chi connectivity index (χ1) is 18.9. The Hall–Kier alpha value is -4.21. The standard InChI is InChI=1S/C29H32N6O4/c1-32(2)25(36)11-12-26(37)34-15-13-29-23-9-3-4-10-24(23)35(28(29)38)19-21-18-33(31-30-21)14-6-16-39-22-8-5-7-20(17-22)27(29)34/h3-5,7-10,17-18,27H,6,11-16,19H2,1-2H3/t27-,29-/m0/s1. The molecule has 1 spiro atoms. The van der Waals surface area contributed by atoms with Crippen molar-refractivity contribution >= 4 is 23.4 Å². The molecule has 0 radical (unpaired) electrons. The van der Waals surface area contributed by atoms with E-state index in [1.807, 2.05) is 54.7 Å². The smallest absolute Gasteiger partial charge is 0.240 e. The highest BCUT2D eigenvalue weighted by Gasteiger charge is 2.61. The summed E-state index contributed by atoms with van der Waals surface area (Å²) in [5, 5.41) is 8.58. The molecule has 0 saturated carbocycles. The predicted octanol–water partition coefficient (Wildman–Crippen LogP) is 2.69. The number of ether oxygens (including phenoxy) is 1. The Morgan fingerprint density at radius 3 is 2.79 bits per heavy atom. The highest BCUT2D eigenvalue weighted by molar-refractivity contribution is 6.09. The zero-order chi connectivity index (χ0) is 27.1. The number of nitrogens with zero attached hydrogens (tertiary/aromatic N) is 6. The van der Waals surface area contributed by atoms with Crippen LogP contribution in [-0.4, -0.2) is 69.8 Å². The van der Waals surface area contributed by atoms with Gasteiger partial charge in [-0.25, -0.2) is 0 Å². The summed E-state index contributed by atoms with van der Waals surface area (Å²) in [5.74, 6) is 0.401. The number of rotatable bonds is 3. The van der Waals surface area contributed by atoms with E-state index in [2.05, 4.69) is 10.3 Å². The van der Waals surface area contributed by atoms with E-state index in [0.29, 0.717) is 44.1 Å². The van der Waals surface area contributed by atoms with Crippen LogP contribution in [-0.2, 0) is 32.9 Å². The number of para-hydroxylation sites is 1. The lowest BCUT2D eigenvalue weighted by Gasteiger charge is -2.35. The quantitative estimate of drug-likeness (QED) is 0.518. The average Bonchev–Trinajstić information content (AvgIpc) is 3.62. The van der Waals surface area contributed by atoms with Crippen LogP contribution in [0.1, 0.15) is 48.5 Å². The highest BCUT2D eigenvalue weighted by Crippen LogP contribution is 2.57. The Bertz CT molecular complexity index is 1430. The van der Waals surface area contributed by atoms with Gasteiger partial charge in [0.2, 0.25) is 17.7 Å². The lowest BCUT2D eigenvalue weighted by atomic mass is 9.72. The Labute approximate surface area is 227 Å². The number of carbonyl (C=O) groups is 3. The molecule has 10 heteroatoms. The summed E-state index contributed by atoms with van der Waals surface area (Å²) < 4.78 is 7.87. The molecule has 6 rings (SSSR count). The van der Waals surface area contributed by atoms with Crippen LogP contribution in [0.2, 0.25) is 0 Å². The fraction of sp³-hybridized carbons (Fsp3) is 0.414. The lowest BCUT2D eigenvalue weighted by molar-refractivity contribution is -0.137. The number of anilines is 1. The van der Waals surface area contributed by atoms with Crippen LogP contribution < -0.4 is 9.64 Å². The van der Waals surface area contributed by atoms with Crippen molar-refractivity contribution in [2.75, 3.05) is 32.1 Å². The second kappa shape index (κ2) is 9.83. The molecule has 2 atom stereocenters. The van der Waals surface area contributed by atoms with E-state index in [9.17, 15) is 14.4 Å². The van der Waals surface area contributed by atoms with Crippen LogP contribution in [0.3, 0.4) is 0 Å². The summed E-state index contributed by atoms with van der Waals surface area (Å²) in [6.07, 6.45) is 3.32. The molecule has 1 saturated heterocycles. The fourth-order valence-corrected chi connectivity index (χ4v) is 6.23. The molecule has 2 aromatic carbocycles. The minimum absolute atomic E-state index is 0.0517. The van der Waals surface area contributed by atoms with Crippen LogP contribution in [0.4, 0.5) is 5.69 Å². The van der Waals surface area contributed by atoms with Crippen LogP contribution in [0, 0.1) is 0 Å². The van der Waals surface area contributed by atoms with Gasteiger partial charge in [0.15, 0.2) is 0 Å². The SMILES string of the molecule is CN(C)C(=O)CCC(=O)N1CC[C@@]23C(=O)N(Cc4cn(nn4)CCCOc4cccc(c4)[C@H]12)c1ccccc13. The van der Waals surface area contributed by atoms with E-state index in [-0.39, 0.29) is 30.6 Å². The zero-order valence-corrected chi connectivity index (χ0v) is 22.2. The molecule has 0 aliphatic carbocycles. The van der Waals surface area contributed by atoms with E-state index in [1.165, 1.54) is 4.90 Å². The average molecular weight is 529 g/mol. The van der Waals surface area contributed by atoms with Crippen molar-refractivity contribution in [3.8, 4) is 5.75 Å². The third-order valence-corrected chi connectivity index (χ3v) is 8.08. The van der Waals surface area contributed by atoms with E-state index in [4.69, 9.17) is 4.74 Å². The van der Waals surface area contributed by atoms with Crippen molar-refractivity contribution in [1.29, 1.82) is 0 Å². The number of aryl methyl sites for hydroxylation is 1. The van der Waals surface area contributed by atoms with Crippen molar-refractivity contribution in [3.63, 3.8) is 0 Å². The maximum Gasteiger partial charge on any atom is 0.240 e. The molecule has 3 aliphatic rings. The third kappa shape index (κ3) is 4.24. The largest absolute Gasteiger partial charge is 0.494 e. The van der Waals surface area contributed by atoms with Crippen LogP contribution in [0.5, 0.6) is 5.75 Å². The maximum absolute atomic E-state index is 14.6. The molecule has 202 valence electrons. The molecular weight excluding hydrogens is 496 g/mol. The third-order valence-electron chi connectivity index (χ3n) is 8.08. The van der Waals surface area contributed by atoms with Gasteiger partial charge in [0, 0.05) is 52.1 Å². The fourth-order valence-electron chi connectivity index (χ4n) is 6.23. The molecule has 3 aliphatic heterocycles. The zero-order valence-electron chi connectivity index (χ0n) is 22.2. The van der Waals surface area contributed by atoms with Gasteiger partial charge in [0.05, 0.1) is 25.4 Å². The Balaban J connectivity index is 1.47. The Morgan fingerprint density at radius 1 is 1.10 bits per heavy atom. The van der Waals surface area contributed by atoms with Crippen molar-refractivity contribution < 1.29 is 19.1 Å². The van der Waals surface area contributed by atoms with Gasteiger partial charge in [-0.1, -0.05) is 35.5 Å². The Kier molecular flexibility index (Phi) is 6.32. The summed E-state index contributed by atoms with van der Waals surface area (Å²) in [4.78, 5) is 45.7. The van der Waals surface area contributed by atoms with Gasteiger partial charge < -0.3 is 19.4 Å². The first-order valence-electron chi connectivity index (χ1n) is 13.4. The monoisotopic (exact) mass is 528 g/mol. The molecule has 0 unspecified atom stereocenters. The minimum atomic E-state index is -0.966. The maximum atomic E-state index is 14.6. The number of likely N-dealkylation sites (tertiary alicyclic amines) is 1. The predicted molar refractivity (Wildman–Crippen MR) is 143 cm³/mol. The van der Waals surface area contributed by atoms with Gasteiger partial charge >= 0.3 is 0 Å². The summed E-state index contributed by atoms with van der Waals surface area (Å²) in [6, 6.07) is 15.0. The van der Waals surface area contributed by atoms with Gasteiger partial charge in [-0.05, 0) is 35.7 Å². The molecule has 1 aromatic heterocycles. The number of amides is 3. The molecule has 3 amide bonds. The van der Waals surface area contributed by atoms with Gasteiger partial charge in [-0.2, -0.15) is 0 Å². The summed E-state index contributed by atoms with van der Waals surface area (Å²) in [5.41, 5.74) is 2.33. The minimum Gasteiger partial charge on any atom is -0.494 e. The van der Waals surface area contributed by atoms with Crippen LogP contribution >= 0.6 is 0 Å². The molecule has 0 N–H and O–H groups in total. The number of fused-ring (bicyclic) bond motifs is 8. The number of hydrogen-bond acceptors (Lipinski definition) is 6. The van der Waals surface area contributed by atoms with E-state index < -0.39 is 11.5 Å². The van der Waals surface area contributed by atoms with Crippen LogP contribution in [0.15, 0.2) is 54.7 Å².